The Bertz CT molecular complexity index is 1200. The van der Waals surface area contributed by atoms with Crippen molar-refractivity contribution in [3.05, 3.63) is 64.3 Å². The predicted octanol–water partition coefficient (Wildman–Crippen LogP) is 5.95. The fourth-order valence-electron chi connectivity index (χ4n) is 4.42. The number of anilines is 4. The van der Waals surface area contributed by atoms with E-state index in [9.17, 15) is 4.79 Å². The Morgan fingerprint density at radius 3 is 2.51 bits per heavy atom. The molecule has 0 spiro atoms. The van der Waals surface area contributed by atoms with E-state index in [1.165, 1.54) is 5.56 Å². The number of nitrogens with zero attached hydrogens (tertiary/aromatic N) is 4. The normalized spacial score (nSPS) is 15.4. The Kier molecular flexibility index (Phi) is 7.60. The van der Waals surface area contributed by atoms with Gasteiger partial charge in [0.1, 0.15) is 17.5 Å². The first-order chi connectivity index (χ1) is 16.8. The van der Waals surface area contributed by atoms with E-state index in [-0.39, 0.29) is 11.9 Å². The van der Waals surface area contributed by atoms with Gasteiger partial charge in [0.2, 0.25) is 11.9 Å². The van der Waals surface area contributed by atoms with Crippen molar-refractivity contribution in [3.63, 3.8) is 0 Å². The van der Waals surface area contributed by atoms with Gasteiger partial charge in [-0.05, 0) is 54.2 Å². The minimum Gasteiger partial charge on any atom is -0.495 e. The fraction of sp³-hybridized carbons (Fsp3) is 0.370. The largest absolute Gasteiger partial charge is 0.495 e. The fourth-order valence-corrected chi connectivity index (χ4v) is 4.69. The first-order valence-electron chi connectivity index (χ1n) is 11.9. The molecule has 3 aromatic rings. The second-order valence-corrected chi connectivity index (χ2v) is 10.2. The maximum Gasteiger partial charge on any atom is 0.249 e. The number of halogens is 1. The number of carbonyl (C=O) groups excluding carboxylic acids is 1. The lowest BCUT2D eigenvalue weighted by atomic mass is 10.0. The molecule has 0 aliphatic carbocycles. The standard InChI is InChI=1S/C27H32BrN5O2/c1-6-22-26(34)32(4)23-15-29-27(30-21-12-9-19(13-17(2)3)14-24(21)35-5)31-25(23)33(22)16-18-7-10-20(28)11-8-18/h7-12,14-15,17,22H,6,13,16H2,1-5H3,(H,29,30,31)/t22-/m0/s1. The van der Waals surface area contributed by atoms with Gasteiger partial charge in [-0.2, -0.15) is 4.98 Å². The summed E-state index contributed by atoms with van der Waals surface area (Å²) < 4.78 is 6.66. The monoisotopic (exact) mass is 537 g/mol. The zero-order valence-corrected chi connectivity index (χ0v) is 22.5. The summed E-state index contributed by atoms with van der Waals surface area (Å²) in [6, 6.07) is 14.0. The summed E-state index contributed by atoms with van der Waals surface area (Å²) in [5.74, 6) is 2.54. The van der Waals surface area contributed by atoms with E-state index in [0.717, 1.165) is 33.7 Å². The summed E-state index contributed by atoms with van der Waals surface area (Å²) in [6.45, 7) is 7.00. The van der Waals surface area contributed by atoms with Gasteiger partial charge in [-0.1, -0.05) is 54.9 Å². The van der Waals surface area contributed by atoms with Crippen LogP contribution in [-0.4, -0.2) is 36.1 Å². The van der Waals surface area contributed by atoms with Crippen molar-refractivity contribution >= 4 is 45.0 Å². The third kappa shape index (κ3) is 5.42. The van der Waals surface area contributed by atoms with E-state index in [2.05, 4.69) is 69.2 Å². The molecule has 0 saturated heterocycles. The molecule has 7 nitrogen and oxygen atoms in total. The van der Waals surface area contributed by atoms with Gasteiger partial charge < -0.3 is 19.9 Å². The second-order valence-electron chi connectivity index (χ2n) is 9.24. The number of fused-ring (bicyclic) bond motifs is 1. The molecule has 184 valence electrons. The van der Waals surface area contributed by atoms with Crippen molar-refractivity contribution in [2.45, 2.75) is 46.2 Å². The van der Waals surface area contributed by atoms with Crippen LogP contribution in [0.1, 0.15) is 38.3 Å². The van der Waals surface area contributed by atoms with Gasteiger partial charge in [0.15, 0.2) is 5.82 Å². The van der Waals surface area contributed by atoms with Crippen LogP contribution in [0.5, 0.6) is 5.75 Å². The highest BCUT2D eigenvalue weighted by Gasteiger charge is 2.37. The molecule has 4 rings (SSSR count). The number of amides is 1. The molecule has 0 fully saturated rings. The van der Waals surface area contributed by atoms with E-state index < -0.39 is 0 Å². The van der Waals surface area contributed by atoms with Crippen LogP contribution in [0.15, 0.2) is 53.1 Å². The highest BCUT2D eigenvalue weighted by molar-refractivity contribution is 9.10. The molecule has 2 heterocycles. The Morgan fingerprint density at radius 2 is 1.86 bits per heavy atom. The van der Waals surface area contributed by atoms with Crippen LogP contribution in [0.2, 0.25) is 0 Å². The third-order valence-electron chi connectivity index (χ3n) is 6.18. The van der Waals surface area contributed by atoms with Crippen molar-refractivity contribution in [3.8, 4) is 5.75 Å². The molecule has 35 heavy (non-hydrogen) atoms. The number of benzene rings is 2. The number of hydrogen-bond acceptors (Lipinski definition) is 6. The lowest BCUT2D eigenvalue weighted by Crippen LogP contribution is -2.52. The molecule has 1 aromatic heterocycles. The van der Waals surface area contributed by atoms with Crippen molar-refractivity contribution in [1.82, 2.24) is 9.97 Å². The number of carbonyl (C=O) groups is 1. The van der Waals surface area contributed by atoms with E-state index in [0.29, 0.717) is 30.5 Å². The van der Waals surface area contributed by atoms with Gasteiger partial charge in [-0.15, -0.1) is 0 Å². The summed E-state index contributed by atoms with van der Waals surface area (Å²) in [7, 11) is 3.45. The van der Waals surface area contributed by atoms with Gasteiger partial charge in [-0.3, -0.25) is 4.79 Å². The van der Waals surface area contributed by atoms with E-state index in [1.807, 2.05) is 25.1 Å². The minimum atomic E-state index is -0.302. The molecule has 2 aromatic carbocycles. The van der Waals surface area contributed by atoms with E-state index in [1.54, 1.807) is 25.3 Å². The summed E-state index contributed by atoms with van der Waals surface area (Å²) >= 11 is 3.49. The molecule has 1 atom stereocenters. The number of ether oxygens (including phenoxy) is 1. The van der Waals surface area contributed by atoms with Crippen molar-refractivity contribution in [1.29, 1.82) is 0 Å². The van der Waals surface area contributed by atoms with Crippen LogP contribution in [0, 0.1) is 5.92 Å². The van der Waals surface area contributed by atoms with E-state index >= 15 is 0 Å². The van der Waals surface area contributed by atoms with Crippen LogP contribution in [0.25, 0.3) is 0 Å². The average Bonchev–Trinajstić information content (AvgIpc) is 2.84. The Labute approximate surface area is 215 Å². The average molecular weight is 538 g/mol. The Morgan fingerprint density at radius 1 is 1.14 bits per heavy atom. The highest BCUT2D eigenvalue weighted by atomic mass is 79.9. The van der Waals surface area contributed by atoms with Crippen molar-refractivity contribution < 1.29 is 9.53 Å². The van der Waals surface area contributed by atoms with Gasteiger partial charge in [-0.25, -0.2) is 4.98 Å². The minimum absolute atomic E-state index is 0.0452. The smallest absolute Gasteiger partial charge is 0.249 e. The van der Waals surface area contributed by atoms with Crippen LogP contribution < -0.4 is 19.9 Å². The number of likely N-dealkylation sites (N-methyl/N-ethyl adjacent to an activating group) is 1. The first-order valence-corrected chi connectivity index (χ1v) is 12.7. The predicted molar refractivity (Wildman–Crippen MR) is 145 cm³/mol. The van der Waals surface area contributed by atoms with Crippen LogP contribution in [0.4, 0.5) is 23.1 Å². The van der Waals surface area contributed by atoms with Gasteiger partial charge in [0.05, 0.1) is 19.0 Å². The Hall–Kier alpha value is -3.13. The van der Waals surface area contributed by atoms with Crippen LogP contribution >= 0.6 is 15.9 Å². The van der Waals surface area contributed by atoms with Crippen LogP contribution in [-0.2, 0) is 17.8 Å². The topological polar surface area (TPSA) is 70.6 Å². The quantitative estimate of drug-likeness (QED) is 0.382. The Balaban J connectivity index is 1.69. The summed E-state index contributed by atoms with van der Waals surface area (Å²) in [5.41, 5.74) is 3.82. The van der Waals surface area contributed by atoms with Crippen molar-refractivity contribution in [2.24, 2.45) is 5.92 Å². The molecule has 1 aliphatic rings. The van der Waals surface area contributed by atoms with Gasteiger partial charge in [0, 0.05) is 18.1 Å². The molecule has 0 bridgehead atoms. The lowest BCUT2D eigenvalue weighted by Gasteiger charge is -2.40. The molecule has 1 amide bonds. The summed E-state index contributed by atoms with van der Waals surface area (Å²) in [4.78, 5) is 26.3. The SMILES string of the molecule is CC[C@H]1C(=O)N(C)c2cnc(Nc3ccc(CC(C)C)cc3OC)nc2N1Cc1ccc(Br)cc1. The highest BCUT2D eigenvalue weighted by Crippen LogP contribution is 2.37. The zero-order chi connectivity index (χ0) is 25.1. The summed E-state index contributed by atoms with van der Waals surface area (Å²) in [5, 5.41) is 3.32. The maximum atomic E-state index is 13.1. The maximum absolute atomic E-state index is 13.1. The molecule has 1 aliphatic heterocycles. The first kappa shape index (κ1) is 25.0. The number of nitrogens with one attached hydrogen (secondary N) is 1. The molecule has 1 N–H and O–H groups in total. The molecule has 0 saturated carbocycles. The third-order valence-corrected chi connectivity index (χ3v) is 6.71. The van der Waals surface area contributed by atoms with Crippen LogP contribution in [0.3, 0.4) is 0 Å². The van der Waals surface area contributed by atoms with Crippen molar-refractivity contribution in [2.75, 3.05) is 29.3 Å². The van der Waals surface area contributed by atoms with Gasteiger partial charge in [0.25, 0.3) is 0 Å². The van der Waals surface area contributed by atoms with Gasteiger partial charge >= 0.3 is 0 Å². The molecule has 0 radical (unpaired) electrons. The molecular weight excluding hydrogens is 506 g/mol. The zero-order valence-electron chi connectivity index (χ0n) is 20.9. The lowest BCUT2D eigenvalue weighted by molar-refractivity contribution is -0.120. The molecule has 8 heteroatoms. The molecular formula is C27H32BrN5O2. The second kappa shape index (κ2) is 10.6. The number of methoxy groups -OCH3 is 1. The number of rotatable bonds is 8. The molecule has 0 unspecified atom stereocenters. The van der Waals surface area contributed by atoms with E-state index in [4.69, 9.17) is 9.72 Å². The number of hydrogen-bond donors (Lipinski definition) is 1. The number of aromatic nitrogens is 2. The summed E-state index contributed by atoms with van der Waals surface area (Å²) in [6.07, 6.45) is 3.37.